The second-order valence-electron chi connectivity index (χ2n) is 5.42. The molecule has 1 aliphatic heterocycles. The van der Waals surface area contributed by atoms with Gasteiger partial charge in [-0.3, -0.25) is 14.5 Å². The van der Waals surface area contributed by atoms with Gasteiger partial charge in [-0.2, -0.15) is 0 Å². The monoisotopic (exact) mass is 345 g/mol. The topological polar surface area (TPSA) is 66.8 Å². The average Bonchev–Trinajstić information content (AvgIpc) is 2.79. The van der Waals surface area contributed by atoms with Crippen molar-refractivity contribution in [2.24, 2.45) is 0 Å². The van der Waals surface area contributed by atoms with E-state index in [1.54, 1.807) is 55.5 Å². The molecule has 0 saturated carbocycles. The number of halogens is 1. The minimum absolute atomic E-state index is 0.202. The van der Waals surface area contributed by atoms with Crippen molar-refractivity contribution in [2.45, 2.75) is 12.6 Å². The van der Waals surface area contributed by atoms with E-state index in [-0.39, 0.29) is 13.2 Å². The van der Waals surface area contributed by atoms with Crippen LogP contribution in [0.25, 0.3) is 0 Å². The fraction of sp³-hybridized carbons (Fsp3) is 0.222. The molecule has 2 aromatic carbocycles. The van der Waals surface area contributed by atoms with Gasteiger partial charge in [-0.1, -0.05) is 41.9 Å². The van der Waals surface area contributed by atoms with E-state index < -0.39 is 17.6 Å². The number of hydrogen-bond donors (Lipinski definition) is 1. The molecule has 1 heterocycles. The third-order valence-electron chi connectivity index (χ3n) is 4.01. The Hall–Kier alpha value is -2.37. The predicted molar refractivity (Wildman–Crippen MR) is 88.6 cm³/mol. The first-order chi connectivity index (χ1) is 11.5. The number of esters is 1. The summed E-state index contributed by atoms with van der Waals surface area (Å²) in [4.78, 5) is 25.8. The Balaban J connectivity index is 2.11. The molecule has 0 aromatic heterocycles. The van der Waals surface area contributed by atoms with Crippen LogP contribution in [-0.2, 0) is 15.3 Å². The van der Waals surface area contributed by atoms with Gasteiger partial charge in [-0.25, -0.2) is 0 Å². The molecule has 1 amide bonds. The lowest BCUT2D eigenvalue weighted by Crippen LogP contribution is -2.47. The first-order valence-corrected chi connectivity index (χ1v) is 7.91. The average molecular weight is 346 g/mol. The van der Waals surface area contributed by atoms with Gasteiger partial charge in [-0.05, 0) is 25.1 Å². The van der Waals surface area contributed by atoms with Gasteiger partial charge >= 0.3 is 5.97 Å². The highest BCUT2D eigenvalue weighted by molar-refractivity contribution is 6.30. The van der Waals surface area contributed by atoms with Crippen LogP contribution in [0.15, 0.2) is 48.5 Å². The van der Waals surface area contributed by atoms with Gasteiger partial charge < -0.3 is 9.84 Å². The van der Waals surface area contributed by atoms with Gasteiger partial charge in [0, 0.05) is 21.7 Å². The van der Waals surface area contributed by atoms with E-state index in [1.165, 1.54) is 0 Å². The minimum atomic E-state index is -1.75. The van der Waals surface area contributed by atoms with Crippen molar-refractivity contribution in [1.29, 1.82) is 0 Å². The second-order valence-corrected chi connectivity index (χ2v) is 5.86. The van der Waals surface area contributed by atoms with Crippen LogP contribution in [-0.4, -0.2) is 35.0 Å². The van der Waals surface area contributed by atoms with E-state index in [9.17, 15) is 14.7 Å². The fourth-order valence-corrected chi connectivity index (χ4v) is 3.05. The van der Waals surface area contributed by atoms with Crippen molar-refractivity contribution in [3.63, 3.8) is 0 Å². The molecule has 2 aromatic rings. The molecule has 0 spiro atoms. The molecule has 0 fully saturated rings. The molecule has 1 aliphatic rings. The zero-order valence-corrected chi connectivity index (χ0v) is 13.8. The zero-order chi connectivity index (χ0) is 17.3. The summed E-state index contributed by atoms with van der Waals surface area (Å²) in [6.07, 6.45) is 0. The molecule has 0 aliphatic carbocycles. The van der Waals surface area contributed by atoms with Gasteiger partial charge in [0.25, 0.3) is 5.91 Å². The van der Waals surface area contributed by atoms with Crippen LogP contribution in [0, 0.1) is 0 Å². The van der Waals surface area contributed by atoms with Crippen LogP contribution in [0.2, 0.25) is 5.02 Å². The summed E-state index contributed by atoms with van der Waals surface area (Å²) in [7, 11) is 0. The first kappa shape index (κ1) is 16.5. The lowest BCUT2D eigenvalue weighted by atomic mass is 9.94. The Morgan fingerprint density at radius 1 is 1.21 bits per heavy atom. The third kappa shape index (κ3) is 2.56. The van der Waals surface area contributed by atoms with Crippen LogP contribution in [0.1, 0.15) is 28.4 Å². The molecule has 24 heavy (non-hydrogen) atoms. The van der Waals surface area contributed by atoms with Crippen molar-refractivity contribution < 1.29 is 19.4 Å². The standard InChI is InChI=1S/C18H16ClNO4/c1-2-24-16(21)11-20-17(22)14-5-3-4-6-15(14)18(20,23)12-7-9-13(19)10-8-12/h3-10,23H,2,11H2,1H3. The first-order valence-electron chi connectivity index (χ1n) is 7.54. The lowest BCUT2D eigenvalue weighted by molar-refractivity contribution is -0.148. The number of hydrogen-bond acceptors (Lipinski definition) is 4. The Labute approximate surface area is 144 Å². The predicted octanol–water partition coefficient (Wildman–Crippen LogP) is 2.55. The summed E-state index contributed by atoms with van der Waals surface area (Å²) in [5.41, 5.74) is -0.499. The number of carbonyl (C=O) groups is 2. The number of ether oxygens (including phenoxy) is 1. The number of aliphatic hydroxyl groups is 1. The summed E-state index contributed by atoms with van der Waals surface area (Å²) in [6, 6.07) is 13.3. The smallest absolute Gasteiger partial charge is 0.325 e. The van der Waals surface area contributed by atoms with E-state index in [0.717, 1.165) is 4.90 Å². The van der Waals surface area contributed by atoms with Gasteiger partial charge in [0.2, 0.25) is 0 Å². The Bertz CT molecular complexity index is 790. The lowest BCUT2D eigenvalue weighted by Gasteiger charge is -2.34. The van der Waals surface area contributed by atoms with E-state index in [4.69, 9.17) is 16.3 Å². The highest BCUT2D eigenvalue weighted by Gasteiger charge is 2.50. The number of carbonyl (C=O) groups excluding carboxylic acids is 2. The Morgan fingerprint density at radius 3 is 2.54 bits per heavy atom. The van der Waals surface area contributed by atoms with Crippen LogP contribution in [0.3, 0.4) is 0 Å². The normalized spacial score (nSPS) is 19.3. The zero-order valence-electron chi connectivity index (χ0n) is 13.0. The molecule has 5 nitrogen and oxygen atoms in total. The van der Waals surface area contributed by atoms with E-state index in [2.05, 4.69) is 0 Å². The van der Waals surface area contributed by atoms with E-state index >= 15 is 0 Å². The van der Waals surface area contributed by atoms with E-state index in [1.807, 2.05) is 0 Å². The molecule has 6 heteroatoms. The van der Waals surface area contributed by atoms with Gasteiger partial charge in [0.15, 0.2) is 5.72 Å². The molecule has 0 radical (unpaired) electrons. The summed E-state index contributed by atoms with van der Waals surface area (Å²) in [5.74, 6) is -0.998. The Kier molecular flexibility index (Phi) is 4.30. The van der Waals surface area contributed by atoms with Crippen molar-refractivity contribution in [2.75, 3.05) is 13.2 Å². The molecular formula is C18H16ClNO4. The fourth-order valence-electron chi connectivity index (χ4n) is 2.93. The molecule has 0 saturated heterocycles. The quantitative estimate of drug-likeness (QED) is 0.865. The number of nitrogens with zero attached hydrogens (tertiary/aromatic N) is 1. The minimum Gasteiger partial charge on any atom is -0.465 e. The molecule has 124 valence electrons. The summed E-state index contributed by atoms with van der Waals surface area (Å²) < 4.78 is 4.93. The van der Waals surface area contributed by atoms with Crippen molar-refractivity contribution in [1.82, 2.24) is 4.90 Å². The summed E-state index contributed by atoms with van der Waals surface area (Å²) >= 11 is 5.92. The molecule has 1 unspecified atom stereocenters. The number of fused-ring (bicyclic) bond motifs is 1. The van der Waals surface area contributed by atoms with Crippen LogP contribution >= 0.6 is 11.6 Å². The molecule has 3 rings (SSSR count). The number of rotatable bonds is 4. The van der Waals surface area contributed by atoms with Crippen LogP contribution < -0.4 is 0 Å². The highest BCUT2D eigenvalue weighted by atomic mass is 35.5. The highest BCUT2D eigenvalue weighted by Crippen LogP contribution is 2.42. The molecule has 1 N–H and O–H groups in total. The third-order valence-corrected chi connectivity index (χ3v) is 4.26. The van der Waals surface area contributed by atoms with Crippen molar-refractivity contribution in [3.05, 3.63) is 70.2 Å². The second kappa shape index (κ2) is 6.26. The largest absolute Gasteiger partial charge is 0.465 e. The maximum Gasteiger partial charge on any atom is 0.325 e. The van der Waals surface area contributed by atoms with Crippen LogP contribution in [0.4, 0.5) is 0 Å². The van der Waals surface area contributed by atoms with Crippen LogP contribution in [0.5, 0.6) is 0 Å². The van der Waals surface area contributed by atoms with Gasteiger partial charge in [0.05, 0.1) is 6.61 Å². The van der Waals surface area contributed by atoms with Gasteiger partial charge in [0.1, 0.15) is 6.54 Å². The Morgan fingerprint density at radius 2 is 1.88 bits per heavy atom. The number of amides is 1. The molecule has 1 atom stereocenters. The maximum absolute atomic E-state index is 12.7. The SMILES string of the molecule is CCOC(=O)CN1C(=O)c2ccccc2C1(O)c1ccc(Cl)cc1. The molecular weight excluding hydrogens is 330 g/mol. The number of benzene rings is 2. The van der Waals surface area contributed by atoms with Gasteiger partial charge in [-0.15, -0.1) is 0 Å². The van der Waals surface area contributed by atoms with E-state index in [0.29, 0.717) is 21.7 Å². The van der Waals surface area contributed by atoms with Crippen molar-refractivity contribution in [3.8, 4) is 0 Å². The molecule has 0 bridgehead atoms. The summed E-state index contributed by atoms with van der Waals surface area (Å²) in [5, 5.41) is 11.9. The van der Waals surface area contributed by atoms with Crippen molar-refractivity contribution >= 4 is 23.5 Å². The maximum atomic E-state index is 12.7. The summed E-state index contributed by atoms with van der Waals surface area (Å²) in [6.45, 7) is 1.54.